The summed E-state index contributed by atoms with van der Waals surface area (Å²) in [7, 11) is 2.13. The van der Waals surface area contributed by atoms with Gasteiger partial charge in [0.25, 0.3) is 0 Å². The van der Waals surface area contributed by atoms with Crippen molar-refractivity contribution in [2.45, 2.75) is 18.5 Å². The predicted octanol–water partition coefficient (Wildman–Crippen LogP) is 0.719. The first-order valence-corrected chi connectivity index (χ1v) is 4.37. The lowest BCUT2D eigenvalue weighted by Crippen LogP contribution is -2.29. The molecule has 66 valence electrons. The summed E-state index contributed by atoms with van der Waals surface area (Å²) in [6, 6.07) is 2.81. The van der Waals surface area contributed by atoms with Crippen molar-refractivity contribution in [2.24, 2.45) is 5.73 Å². The Morgan fingerprint density at radius 3 is 3.00 bits per heavy atom. The molecule has 3 nitrogen and oxygen atoms in total. The van der Waals surface area contributed by atoms with Crippen molar-refractivity contribution < 1.29 is 0 Å². The Balaban J connectivity index is 2.22. The van der Waals surface area contributed by atoms with Gasteiger partial charge in [-0.15, -0.1) is 0 Å². The number of H-pyrrole nitrogens is 1. The molecule has 0 spiro atoms. The third-order valence-electron chi connectivity index (χ3n) is 2.66. The fourth-order valence-electron chi connectivity index (χ4n) is 2.00. The van der Waals surface area contributed by atoms with Crippen LogP contribution >= 0.6 is 0 Å². The predicted molar refractivity (Wildman–Crippen MR) is 48.8 cm³/mol. The van der Waals surface area contributed by atoms with E-state index in [1.54, 1.807) is 0 Å². The van der Waals surface area contributed by atoms with Crippen molar-refractivity contribution >= 4 is 0 Å². The molecular formula is C9H15N3. The molecule has 1 aliphatic rings. The number of likely N-dealkylation sites (N-methyl/N-ethyl adjacent to an activating group) is 1. The summed E-state index contributed by atoms with van der Waals surface area (Å²) >= 11 is 0. The van der Waals surface area contributed by atoms with Crippen LogP contribution in [0.1, 0.15) is 18.0 Å². The smallest absolute Gasteiger partial charge is 0.0511 e. The van der Waals surface area contributed by atoms with E-state index in [2.05, 4.69) is 23.0 Å². The number of hydrogen-bond acceptors (Lipinski definition) is 2. The average Bonchev–Trinajstić information content (AvgIpc) is 2.61. The average molecular weight is 165 g/mol. The molecular weight excluding hydrogens is 150 g/mol. The molecule has 1 fully saturated rings. The van der Waals surface area contributed by atoms with Gasteiger partial charge in [0.05, 0.1) is 6.04 Å². The molecule has 0 bridgehead atoms. The second-order valence-corrected chi connectivity index (χ2v) is 3.52. The maximum Gasteiger partial charge on any atom is 0.0511 e. The van der Waals surface area contributed by atoms with Gasteiger partial charge in [-0.1, -0.05) is 0 Å². The number of nitrogens with one attached hydrogen (secondary N) is 1. The Morgan fingerprint density at radius 1 is 1.67 bits per heavy atom. The monoisotopic (exact) mass is 165 g/mol. The van der Waals surface area contributed by atoms with E-state index in [0.29, 0.717) is 12.1 Å². The fourth-order valence-corrected chi connectivity index (χ4v) is 2.00. The van der Waals surface area contributed by atoms with Gasteiger partial charge in [0.15, 0.2) is 0 Å². The number of rotatable bonds is 1. The van der Waals surface area contributed by atoms with E-state index in [9.17, 15) is 0 Å². The quantitative estimate of drug-likeness (QED) is 0.644. The molecule has 1 aromatic rings. The van der Waals surface area contributed by atoms with Crippen molar-refractivity contribution in [2.75, 3.05) is 13.6 Å². The molecule has 0 aromatic carbocycles. The van der Waals surface area contributed by atoms with Gasteiger partial charge in [0.2, 0.25) is 0 Å². The van der Waals surface area contributed by atoms with Gasteiger partial charge in [-0.2, -0.15) is 0 Å². The molecule has 0 saturated carbocycles. The SMILES string of the molecule is CN1CCC(N)C1c1cc[nH]c1. The van der Waals surface area contributed by atoms with E-state index in [0.717, 1.165) is 13.0 Å². The van der Waals surface area contributed by atoms with E-state index in [1.165, 1.54) is 5.56 Å². The van der Waals surface area contributed by atoms with Crippen LogP contribution in [0.5, 0.6) is 0 Å². The van der Waals surface area contributed by atoms with Crippen LogP contribution in [0, 0.1) is 0 Å². The summed E-state index contributed by atoms with van der Waals surface area (Å²) in [5.74, 6) is 0. The van der Waals surface area contributed by atoms with Gasteiger partial charge in [0.1, 0.15) is 0 Å². The molecule has 0 amide bonds. The van der Waals surface area contributed by atoms with Crippen LogP contribution in [-0.4, -0.2) is 29.5 Å². The Bertz CT molecular complexity index is 232. The lowest BCUT2D eigenvalue weighted by Gasteiger charge is -2.21. The molecule has 1 aliphatic heterocycles. The van der Waals surface area contributed by atoms with Crippen LogP contribution in [0.2, 0.25) is 0 Å². The zero-order chi connectivity index (χ0) is 8.55. The number of nitrogens with two attached hydrogens (primary N) is 1. The fraction of sp³-hybridized carbons (Fsp3) is 0.556. The number of aromatic amines is 1. The van der Waals surface area contributed by atoms with Crippen molar-refractivity contribution in [1.29, 1.82) is 0 Å². The summed E-state index contributed by atoms with van der Waals surface area (Å²) in [5.41, 5.74) is 7.31. The van der Waals surface area contributed by atoms with E-state index in [-0.39, 0.29) is 0 Å². The number of hydrogen-bond donors (Lipinski definition) is 2. The van der Waals surface area contributed by atoms with Crippen LogP contribution in [0.3, 0.4) is 0 Å². The third kappa shape index (κ3) is 1.15. The maximum absolute atomic E-state index is 6.01. The topological polar surface area (TPSA) is 45.0 Å². The summed E-state index contributed by atoms with van der Waals surface area (Å²) < 4.78 is 0. The van der Waals surface area contributed by atoms with Gasteiger partial charge in [0, 0.05) is 25.0 Å². The minimum absolute atomic E-state index is 0.297. The lowest BCUT2D eigenvalue weighted by molar-refractivity contribution is 0.304. The zero-order valence-corrected chi connectivity index (χ0v) is 7.33. The zero-order valence-electron chi connectivity index (χ0n) is 7.33. The maximum atomic E-state index is 6.01. The first-order valence-electron chi connectivity index (χ1n) is 4.37. The van der Waals surface area contributed by atoms with Gasteiger partial charge in [-0.3, -0.25) is 4.90 Å². The highest BCUT2D eigenvalue weighted by Crippen LogP contribution is 2.28. The van der Waals surface area contributed by atoms with E-state index < -0.39 is 0 Å². The van der Waals surface area contributed by atoms with Crippen LogP contribution in [0.4, 0.5) is 0 Å². The molecule has 3 heteroatoms. The van der Waals surface area contributed by atoms with E-state index >= 15 is 0 Å². The molecule has 12 heavy (non-hydrogen) atoms. The highest BCUT2D eigenvalue weighted by molar-refractivity contribution is 5.17. The largest absolute Gasteiger partial charge is 0.367 e. The molecule has 0 radical (unpaired) electrons. The number of aromatic nitrogens is 1. The van der Waals surface area contributed by atoms with Gasteiger partial charge < -0.3 is 10.7 Å². The van der Waals surface area contributed by atoms with Crippen LogP contribution in [0.15, 0.2) is 18.5 Å². The Kier molecular flexibility index (Phi) is 1.90. The molecule has 2 atom stereocenters. The molecule has 1 saturated heterocycles. The standard InChI is InChI=1S/C9H15N3/c1-12-5-3-8(10)9(12)7-2-4-11-6-7/h2,4,6,8-9,11H,3,5,10H2,1H3. The van der Waals surface area contributed by atoms with Crippen molar-refractivity contribution in [3.05, 3.63) is 24.0 Å². The van der Waals surface area contributed by atoms with Gasteiger partial charge in [-0.05, 0) is 25.1 Å². The molecule has 2 heterocycles. The summed E-state index contributed by atoms with van der Waals surface area (Å²) in [6.45, 7) is 1.11. The summed E-state index contributed by atoms with van der Waals surface area (Å²) in [4.78, 5) is 5.38. The summed E-state index contributed by atoms with van der Waals surface area (Å²) in [5, 5.41) is 0. The van der Waals surface area contributed by atoms with E-state index in [4.69, 9.17) is 5.73 Å². The highest BCUT2D eigenvalue weighted by Gasteiger charge is 2.30. The van der Waals surface area contributed by atoms with Crippen LogP contribution in [-0.2, 0) is 0 Å². The molecule has 3 N–H and O–H groups in total. The minimum atomic E-state index is 0.297. The van der Waals surface area contributed by atoms with Crippen molar-refractivity contribution in [1.82, 2.24) is 9.88 Å². The normalized spacial score (nSPS) is 31.2. The Labute approximate surface area is 72.6 Å². The second-order valence-electron chi connectivity index (χ2n) is 3.52. The van der Waals surface area contributed by atoms with Gasteiger partial charge in [-0.25, -0.2) is 0 Å². The minimum Gasteiger partial charge on any atom is -0.367 e. The molecule has 1 aromatic heterocycles. The summed E-state index contributed by atoms with van der Waals surface area (Å²) in [6.07, 6.45) is 5.09. The third-order valence-corrected chi connectivity index (χ3v) is 2.66. The molecule has 2 rings (SSSR count). The first kappa shape index (κ1) is 7.83. The number of likely N-dealkylation sites (tertiary alicyclic amines) is 1. The van der Waals surface area contributed by atoms with Crippen molar-refractivity contribution in [3.8, 4) is 0 Å². The lowest BCUT2D eigenvalue weighted by atomic mass is 10.0. The van der Waals surface area contributed by atoms with Crippen molar-refractivity contribution in [3.63, 3.8) is 0 Å². The second kappa shape index (κ2) is 2.92. The van der Waals surface area contributed by atoms with Crippen LogP contribution < -0.4 is 5.73 Å². The molecule has 0 aliphatic carbocycles. The molecule has 2 unspecified atom stereocenters. The van der Waals surface area contributed by atoms with Gasteiger partial charge >= 0.3 is 0 Å². The Morgan fingerprint density at radius 2 is 2.50 bits per heavy atom. The van der Waals surface area contributed by atoms with E-state index in [1.807, 2.05) is 12.4 Å². The number of nitrogens with zero attached hydrogens (tertiary/aromatic N) is 1. The highest BCUT2D eigenvalue weighted by atomic mass is 15.2. The Hall–Kier alpha value is -0.800. The first-order chi connectivity index (χ1) is 5.79. The van der Waals surface area contributed by atoms with Crippen LogP contribution in [0.25, 0.3) is 0 Å².